The first-order chi connectivity index (χ1) is 14.8. The summed E-state index contributed by atoms with van der Waals surface area (Å²) in [5.41, 5.74) is 2.97. The number of nitrogens with one attached hydrogen (secondary N) is 1. The number of aryl methyl sites for hydroxylation is 3. The lowest BCUT2D eigenvalue weighted by atomic mass is 10.1. The number of benzene rings is 2. The Balaban J connectivity index is 1.75. The summed E-state index contributed by atoms with van der Waals surface area (Å²) in [7, 11) is 1.67. The van der Waals surface area contributed by atoms with Gasteiger partial charge in [-0.25, -0.2) is 4.79 Å². The van der Waals surface area contributed by atoms with Crippen LogP contribution in [0.5, 0.6) is 0 Å². The van der Waals surface area contributed by atoms with Crippen LogP contribution in [-0.2, 0) is 24.9 Å². The smallest absolute Gasteiger partial charge is 0.324 e. The first-order valence-electron chi connectivity index (χ1n) is 9.91. The molecule has 1 N–H and O–H groups in total. The van der Waals surface area contributed by atoms with E-state index in [2.05, 4.69) is 10.4 Å². The van der Waals surface area contributed by atoms with Crippen molar-refractivity contribution in [3.8, 4) is 0 Å². The highest BCUT2D eigenvalue weighted by atomic mass is 16.2. The van der Waals surface area contributed by atoms with Crippen LogP contribution in [-0.4, -0.2) is 24.8 Å². The van der Waals surface area contributed by atoms with Gasteiger partial charge in [-0.3, -0.25) is 23.4 Å². The van der Waals surface area contributed by atoms with Crippen LogP contribution in [0.1, 0.15) is 16.7 Å². The number of aromatic nitrogens is 4. The highest BCUT2D eigenvalue weighted by molar-refractivity contribution is 5.92. The third-order valence-electron chi connectivity index (χ3n) is 5.15. The Morgan fingerprint density at radius 1 is 1.03 bits per heavy atom. The molecule has 4 rings (SSSR count). The van der Waals surface area contributed by atoms with E-state index in [9.17, 15) is 14.4 Å². The predicted octanol–water partition coefficient (Wildman–Crippen LogP) is 2.20. The van der Waals surface area contributed by atoms with Gasteiger partial charge in [0.15, 0.2) is 5.52 Å². The van der Waals surface area contributed by atoms with Crippen molar-refractivity contribution in [2.45, 2.75) is 26.9 Å². The minimum Gasteiger partial charge on any atom is -0.324 e. The number of nitrogens with zero attached hydrogens (tertiary/aromatic N) is 4. The van der Waals surface area contributed by atoms with E-state index in [0.717, 1.165) is 21.3 Å². The second-order valence-corrected chi connectivity index (χ2v) is 7.65. The summed E-state index contributed by atoms with van der Waals surface area (Å²) in [6.45, 7) is 3.76. The van der Waals surface area contributed by atoms with Gasteiger partial charge in [-0.1, -0.05) is 48.0 Å². The summed E-state index contributed by atoms with van der Waals surface area (Å²) >= 11 is 0. The molecule has 4 aromatic rings. The van der Waals surface area contributed by atoms with E-state index < -0.39 is 11.2 Å². The van der Waals surface area contributed by atoms with Crippen LogP contribution in [0.2, 0.25) is 0 Å². The lowest BCUT2D eigenvalue weighted by Crippen LogP contribution is -2.41. The van der Waals surface area contributed by atoms with Crippen molar-refractivity contribution in [3.05, 3.63) is 92.3 Å². The van der Waals surface area contributed by atoms with Crippen LogP contribution >= 0.6 is 0 Å². The van der Waals surface area contributed by atoms with Gasteiger partial charge >= 0.3 is 5.69 Å². The van der Waals surface area contributed by atoms with Crippen molar-refractivity contribution in [1.29, 1.82) is 0 Å². The summed E-state index contributed by atoms with van der Waals surface area (Å²) in [5, 5.41) is 7.08. The van der Waals surface area contributed by atoms with Crippen molar-refractivity contribution in [1.82, 2.24) is 18.9 Å². The van der Waals surface area contributed by atoms with E-state index in [0.29, 0.717) is 11.2 Å². The molecule has 0 fully saturated rings. The predicted molar refractivity (Wildman–Crippen MR) is 119 cm³/mol. The van der Waals surface area contributed by atoms with E-state index >= 15 is 0 Å². The third kappa shape index (κ3) is 4.05. The number of anilines is 1. The van der Waals surface area contributed by atoms with Crippen LogP contribution < -0.4 is 16.6 Å². The molecule has 0 spiro atoms. The summed E-state index contributed by atoms with van der Waals surface area (Å²) < 4.78 is 3.89. The van der Waals surface area contributed by atoms with Gasteiger partial charge in [0.25, 0.3) is 5.56 Å². The Kier molecular flexibility index (Phi) is 5.29. The molecule has 0 aliphatic rings. The van der Waals surface area contributed by atoms with Gasteiger partial charge in [-0.2, -0.15) is 5.10 Å². The molecule has 0 bridgehead atoms. The molecule has 0 unspecified atom stereocenters. The lowest BCUT2D eigenvalue weighted by molar-refractivity contribution is -0.116. The zero-order chi connectivity index (χ0) is 22.1. The highest BCUT2D eigenvalue weighted by Gasteiger charge is 2.18. The fraction of sp³-hybridized carbons (Fsp3) is 0.217. The molecule has 0 aliphatic carbocycles. The summed E-state index contributed by atoms with van der Waals surface area (Å²) in [4.78, 5) is 39.0. The Morgan fingerprint density at radius 2 is 1.77 bits per heavy atom. The average molecular weight is 417 g/mol. The molecule has 2 aromatic carbocycles. The van der Waals surface area contributed by atoms with Crippen LogP contribution in [0.25, 0.3) is 11.0 Å². The molecule has 8 nitrogen and oxygen atoms in total. The van der Waals surface area contributed by atoms with Gasteiger partial charge in [0.05, 0.1) is 12.1 Å². The molecule has 1 amide bonds. The number of hydrogen-bond donors (Lipinski definition) is 1. The number of amides is 1. The van der Waals surface area contributed by atoms with Crippen molar-refractivity contribution in [2.24, 2.45) is 7.05 Å². The van der Waals surface area contributed by atoms with Gasteiger partial charge < -0.3 is 5.32 Å². The van der Waals surface area contributed by atoms with E-state index in [4.69, 9.17) is 0 Å². The molecule has 0 saturated heterocycles. The normalized spacial score (nSPS) is 11.1. The maximum absolute atomic E-state index is 13.2. The molecule has 0 aliphatic heterocycles. The fourth-order valence-corrected chi connectivity index (χ4v) is 3.63. The summed E-state index contributed by atoms with van der Waals surface area (Å²) in [6, 6.07) is 14.9. The lowest BCUT2D eigenvalue weighted by Gasteiger charge is -2.13. The number of carbonyl (C=O) groups excluding carboxylic acids is 1. The Labute approximate surface area is 178 Å². The first-order valence-corrected chi connectivity index (χ1v) is 9.91. The number of carbonyl (C=O) groups is 1. The average Bonchev–Trinajstić information content (AvgIpc) is 3.13. The fourth-order valence-electron chi connectivity index (χ4n) is 3.63. The highest BCUT2D eigenvalue weighted by Crippen LogP contribution is 2.16. The van der Waals surface area contributed by atoms with E-state index in [1.54, 1.807) is 13.2 Å². The zero-order valence-electron chi connectivity index (χ0n) is 17.6. The number of fused-ring (bicyclic) bond motifs is 1. The summed E-state index contributed by atoms with van der Waals surface area (Å²) in [5.74, 6) is -0.357. The monoisotopic (exact) mass is 417 g/mol. The maximum Gasteiger partial charge on any atom is 0.332 e. The molecule has 2 aromatic heterocycles. The van der Waals surface area contributed by atoms with Crippen LogP contribution in [0, 0.1) is 13.8 Å². The van der Waals surface area contributed by atoms with Crippen molar-refractivity contribution >= 4 is 22.6 Å². The topological polar surface area (TPSA) is 90.9 Å². The van der Waals surface area contributed by atoms with E-state index in [1.807, 2.05) is 62.4 Å². The Morgan fingerprint density at radius 3 is 2.48 bits per heavy atom. The van der Waals surface area contributed by atoms with Crippen LogP contribution in [0.3, 0.4) is 0 Å². The van der Waals surface area contributed by atoms with E-state index in [-0.39, 0.29) is 24.5 Å². The molecule has 31 heavy (non-hydrogen) atoms. The second kappa shape index (κ2) is 8.06. The molecule has 0 atom stereocenters. The Hall–Kier alpha value is -3.94. The van der Waals surface area contributed by atoms with Gasteiger partial charge in [-0.05, 0) is 31.0 Å². The standard InChI is InChI=1S/C23H23N5O3/c1-15-9-10-18(16(2)11-15)24-20(29)14-27-19-13-26(3)25-21(19)22(30)28(23(27)31)12-17-7-5-4-6-8-17/h4-11,13H,12,14H2,1-3H3,(H,24,29). The molecule has 0 radical (unpaired) electrons. The Bertz CT molecular complexity index is 1400. The second-order valence-electron chi connectivity index (χ2n) is 7.65. The van der Waals surface area contributed by atoms with Gasteiger partial charge in [0, 0.05) is 18.9 Å². The van der Waals surface area contributed by atoms with Crippen LogP contribution in [0.4, 0.5) is 5.69 Å². The van der Waals surface area contributed by atoms with Crippen molar-refractivity contribution in [3.63, 3.8) is 0 Å². The minimum absolute atomic E-state index is 0.101. The minimum atomic E-state index is -0.551. The molecule has 2 heterocycles. The summed E-state index contributed by atoms with van der Waals surface area (Å²) in [6.07, 6.45) is 1.58. The number of hydrogen-bond acceptors (Lipinski definition) is 4. The van der Waals surface area contributed by atoms with E-state index in [1.165, 1.54) is 9.25 Å². The molecule has 0 saturated carbocycles. The molecule has 8 heteroatoms. The largest absolute Gasteiger partial charge is 0.332 e. The number of rotatable bonds is 5. The van der Waals surface area contributed by atoms with Crippen LogP contribution in [0.15, 0.2) is 64.3 Å². The van der Waals surface area contributed by atoms with Gasteiger partial charge in [-0.15, -0.1) is 0 Å². The maximum atomic E-state index is 13.2. The zero-order valence-corrected chi connectivity index (χ0v) is 17.6. The van der Waals surface area contributed by atoms with Crippen molar-refractivity contribution < 1.29 is 4.79 Å². The van der Waals surface area contributed by atoms with Crippen molar-refractivity contribution in [2.75, 3.05) is 5.32 Å². The SMILES string of the molecule is Cc1ccc(NC(=O)Cn2c(=O)n(Cc3ccccc3)c(=O)c3nn(C)cc32)c(C)c1. The molecular weight excluding hydrogens is 394 g/mol. The third-order valence-corrected chi connectivity index (χ3v) is 5.15. The first kappa shape index (κ1) is 20.3. The van der Waals surface area contributed by atoms with Gasteiger partial charge in [0.1, 0.15) is 6.54 Å². The molecular formula is C23H23N5O3. The van der Waals surface area contributed by atoms with Gasteiger partial charge in [0.2, 0.25) is 5.91 Å². The quantitative estimate of drug-likeness (QED) is 0.539. The molecule has 158 valence electrons.